The lowest BCUT2D eigenvalue weighted by Crippen LogP contribution is -2.54. The molecule has 1 heterocycles. The molecule has 2 fully saturated rings. The van der Waals surface area contributed by atoms with E-state index in [1.54, 1.807) is 0 Å². The van der Waals surface area contributed by atoms with Crippen LogP contribution in [0.2, 0.25) is 0 Å². The van der Waals surface area contributed by atoms with E-state index in [2.05, 4.69) is 16.8 Å². The van der Waals surface area contributed by atoms with Gasteiger partial charge in [0, 0.05) is 6.54 Å². The Morgan fingerprint density at radius 2 is 1.93 bits per heavy atom. The van der Waals surface area contributed by atoms with Gasteiger partial charge in [0.25, 0.3) is 0 Å². The van der Waals surface area contributed by atoms with Crippen molar-refractivity contribution in [2.75, 3.05) is 13.1 Å². The Morgan fingerprint density at radius 3 is 2.36 bits per heavy atom. The number of aliphatic imine (C=N–C) groups is 1. The van der Waals surface area contributed by atoms with Crippen molar-refractivity contribution >= 4 is 5.96 Å². The minimum Gasteiger partial charge on any atom is -0.370 e. The molecule has 0 atom stereocenters. The highest BCUT2D eigenvalue weighted by molar-refractivity contribution is 5.81. The van der Waals surface area contributed by atoms with Crippen molar-refractivity contribution in [3.05, 3.63) is 0 Å². The van der Waals surface area contributed by atoms with Gasteiger partial charge in [-0.25, -0.2) is 0 Å². The van der Waals surface area contributed by atoms with E-state index in [-0.39, 0.29) is 0 Å². The van der Waals surface area contributed by atoms with Crippen molar-refractivity contribution in [3.63, 3.8) is 0 Å². The smallest absolute Gasteiger partial charge is 0.191 e. The molecule has 0 saturated heterocycles. The van der Waals surface area contributed by atoms with Crippen LogP contribution in [0.1, 0.15) is 32.6 Å². The van der Waals surface area contributed by atoms with Gasteiger partial charge in [0.15, 0.2) is 5.96 Å². The van der Waals surface area contributed by atoms with Crippen molar-refractivity contribution in [2.45, 2.75) is 38.1 Å². The minimum absolute atomic E-state index is 0.360. The number of nitrogens with two attached hydrogens (primary N) is 1. The lowest BCUT2D eigenvalue weighted by atomic mass is 9.86. The molecule has 0 unspecified atom stereocenters. The number of rotatable bonds is 3. The zero-order chi connectivity index (χ0) is 9.76. The molecule has 0 radical (unpaired) electrons. The summed E-state index contributed by atoms with van der Waals surface area (Å²) in [6.07, 6.45) is 5.59. The van der Waals surface area contributed by atoms with Crippen LogP contribution in [0.25, 0.3) is 0 Å². The summed E-state index contributed by atoms with van der Waals surface area (Å²) in [6.45, 7) is 4.21. The SMILES string of the molecule is CCN1C(N)=NCC1(C1CC1)C1CC1. The quantitative estimate of drug-likeness (QED) is 0.731. The largest absolute Gasteiger partial charge is 0.370 e. The van der Waals surface area contributed by atoms with Gasteiger partial charge in [-0.2, -0.15) is 0 Å². The van der Waals surface area contributed by atoms with Gasteiger partial charge in [-0.05, 0) is 44.4 Å². The zero-order valence-corrected chi connectivity index (χ0v) is 8.87. The van der Waals surface area contributed by atoms with E-state index in [0.717, 1.165) is 30.9 Å². The predicted octanol–water partition coefficient (Wildman–Crippen LogP) is 1.20. The lowest BCUT2D eigenvalue weighted by molar-refractivity contribution is 0.147. The van der Waals surface area contributed by atoms with Crippen molar-refractivity contribution in [1.29, 1.82) is 0 Å². The maximum Gasteiger partial charge on any atom is 0.191 e. The van der Waals surface area contributed by atoms with E-state index in [9.17, 15) is 0 Å². The number of nitrogens with zero attached hydrogens (tertiary/aromatic N) is 2. The van der Waals surface area contributed by atoms with Gasteiger partial charge in [0.2, 0.25) is 0 Å². The van der Waals surface area contributed by atoms with Crippen LogP contribution in [0.3, 0.4) is 0 Å². The molecule has 14 heavy (non-hydrogen) atoms. The standard InChI is InChI=1S/C11H19N3/c1-2-14-10(12)13-7-11(14,8-3-4-8)9-5-6-9/h8-9H,2-7H2,1H3,(H2,12,13). The van der Waals surface area contributed by atoms with Gasteiger partial charge in [-0.1, -0.05) is 0 Å². The normalized spacial score (nSPS) is 30.6. The van der Waals surface area contributed by atoms with Crippen LogP contribution >= 0.6 is 0 Å². The molecular weight excluding hydrogens is 174 g/mol. The Kier molecular flexibility index (Phi) is 1.62. The van der Waals surface area contributed by atoms with Crippen LogP contribution in [-0.2, 0) is 0 Å². The highest BCUT2D eigenvalue weighted by Gasteiger charge is 2.59. The monoisotopic (exact) mass is 193 g/mol. The molecule has 0 aromatic carbocycles. The van der Waals surface area contributed by atoms with Crippen LogP contribution in [0.5, 0.6) is 0 Å². The Morgan fingerprint density at radius 1 is 1.36 bits per heavy atom. The Balaban J connectivity index is 1.91. The maximum atomic E-state index is 5.97. The number of likely N-dealkylation sites (N-methyl/N-ethyl adjacent to an activating group) is 1. The fourth-order valence-corrected chi connectivity index (χ4v) is 3.25. The van der Waals surface area contributed by atoms with E-state index in [1.165, 1.54) is 25.7 Å². The van der Waals surface area contributed by atoms with E-state index in [0.29, 0.717) is 5.54 Å². The topological polar surface area (TPSA) is 41.6 Å². The molecule has 3 aliphatic rings. The third kappa shape index (κ3) is 0.956. The second-order valence-corrected chi connectivity index (χ2v) is 4.96. The molecule has 2 N–H and O–H groups in total. The van der Waals surface area contributed by atoms with Gasteiger partial charge in [-0.3, -0.25) is 4.99 Å². The minimum atomic E-state index is 0.360. The maximum absolute atomic E-state index is 5.97. The summed E-state index contributed by atoms with van der Waals surface area (Å²) in [5.74, 6) is 2.57. The molecule has 2 aliphatic carbocycles. The molecule has 0 spiro atoms. The highest BCUT2D eigenvalue weighted by Crippen LogP contribution is 2.56. The first-order chi connectivity index (χ1) is 6.79. The molecule has 3 heteroatoms. The van der Waals surface area contributed by atoms with Gasteiger partial charge >= 0.3 is 0 Å². The fraction of sp³-hybridized carbons (Fsp3) is 0.909. The van der Waals surface area contributed by atoms with Crippen molar-refractivity contribution < 1.29 is 0 Å². The first-order valence-corrected chi connectivity index (χ1v) is 5.86. The molecule has 1 aliphatic heterocycles. The average molecular weight is 193 g/mol. The summed E-state index contributed by atoms with van der Waals surface area (Å²) < 4.78 is 0. The summed E-state index contributed by atoms with van der Waals surface area (Å²) in [5.41, 5.74) is 6.33. The second-order valence-electron chi connectivity index (χ2n) is 4.96. The van der Waals surface area contributed by atoms with Crippen LogP contribution in [0.15, 0.2) is 4.99 Å². The first-order valence-electron chi connectivity index (χ1n) is 5.86. The molecule has 0 aromatic rings. The zero-order valence-electron chi connectivity index (χ0n) is 8.87. The molecule has 0 aromatic heterocycles. The van der Waals surface area contributed by atoms with Gasteiger partial charge in [0.05, 0.1) is 12.1 Å². The van der Waals surface area contributed by atoms with E-state index in [1.807, 2.05) is 0 Å². The second kappa shape index (κ2) is 2.65. The number of hydrogen-bond donors (Lipinski definition) is 1. The van der Waals surface area contributed by atoms with Crippen LogP contribution in [0.4, 0.5) is 0 Å². The molecule has 0 amide bonds. The third-order valence-electron chi connectivity index (χ3n) is 4.16. The number of hydrogen-bond acceptors (Lipinski definition) is 3. The van der Waals surface area contributed by atoms with Gasteiger partial charge in [0.1, 0.15) is 0 Å². The Labute approximate surface area is 85.4 Å². The molecule has 78 valence electrons. The molecule has 3 nitrogen and oxygen atoms in total. The highest BCUT2D eigenvalue weighted by atomic mass is 15.4. The average Bonchev–Trinajstić information content (AvgIpc) is 3.02. The summed E-state index contributed by atoms with van der Waals surface area (Å²) in [7, 11) is 0. The van der Waals surface area contributed by atoms with Crippen LogP contribution < -0.4 is 5.73 Å². The van der Waals surface area contributed by atoms with E-state index >= 15 is 0 Å². The summed E-state index contributed by atoms with van der Waals surface area (Å²) in [6, 6.07) is 0. The van der Waals surface area contributed by atoms with Gasteiger partial charge in [-0.15, -0.1) is 0 Å². The summed E-state index contributed by atoms with van der Waals surface area (Å²) >= 11 is 0. The third-order valence-corrected chi connectivity index (χ3v) is 4.16. The predicted molar refractivity (Wildman–Crippen MR) is 57.0 cm³/mol. The van der Waals surface area contributed by atoms with E-state index in [4.69, 9.17) is 5.73 Å². The summed E-state index contributed by atoms with van der Waals surface area (Å²) in [4.78, 5) is 6.88. The Bertz CT molecular complexity index is 264. The number of guanidine groups is 1. The fourth-order valence-electron chi connectivity index (χ4n) is 3.25. The van der Waals surface area contributed by atoms with E-state index < -0.39 is 0 Å². The van der Waals surface area contributed by atoms with Crippen LogP contribution in [0, 0.1) is 11.8 Å². The van der Waals surface area contributed by atoms with Crippen molar-refractivity contribution in [3.8, 4) is 0 Å². The molecule has 2 saturated carbocycles. The van der Waals surface area contributed by atoms with Crippen LogP contribution in [-0.4, -0.2) is 29.5 Å². The Hall–Kier alpha value is -0.730. The summed E-state index contributed by atoms with van der Waals surface area (Å²) in [5, 5.41) is 0. The molecule has 0 bridgehead atoms. The molecule has 3 rings (SSSR count). The first kappa shape index (κ1) is 8.57. The van der Waals surface area contributed by atoms with Gasteiger partial charge < -0.3 is 10.6 Å². The lowest BCUT2D eigenvalue weighted by Gasteiger charge is -2.39. The van der Waals surface area contributed by atoms with Crippen molar-refractivity contribution in [2.24, 2.45) is 22.6 Å². The van der Waals surface area contributed by atoms with Crippen molar-refractivity contribution in [1.82, 2.24) is 4.90 Å². The molecular formula is C11H19N3.